The van der Waals surface area contributed by atoms with Crippen molar-refractivity contribution in [2.75, 3.05) is 11.9 Å². The van der Waals surface area contributed by atoms with E-state index in [-0.39, 0.29) is 5.91 Å². The predicted molar refractivity (Wildman–Crippen MR) is 77.9 cm³/mol. The number of carbonyl (C=O) groups is 1. The zero-order chi connectivity index (χ0) is 13.9. The Kier molecular flexibility index (Phi) is 5.29. The van der Waals surface area contributed by atoms with Crippen LogP contribution in [0.3, 0.4) is 0 Å². The van der Waals surface area contributed by atoms with Crippen LogP contribution in [0, 0.1) is 0 Å². The lowest BCUT2D eigenvalue weighted by Gasteiger charge is -2.25. The van der Waals surface area contributed by atoms with Gasteiger partial charge in [-0.1, -0.05) is 41.7 Å². The molecule has 1 aromatic carbocycles. The third-order valence-electron chi connectivity index (χ3n) is 2.43. The van der Waals surface area contributed by atoms with Gasteiger partial charge in [-0.2, -0.15) is 0 Å². The Morgan fingerprint density at radius 2 is 1.72 bits per heavy atom. The molecule has 0 spiro atoms. The van der Waals surface area contributed by atoms with E-state index < -0.39 is 5.54 Å². The highest BCUT2D eigenvalue weighted by atomic mass is 35.5. The minimum absolute atomic E-state index is 0.213. The van der Waals surface area contributed by atoms with Gasteiger partial charge < -0.3 is 10.6 Å². The minimum Gasteiger partial charge on any atom is -0.322 e. The van der Waals surface area contributed by atoms with Crippen LogP contribution in [-0.4, -0.2) is 18.0 Å². The van der Waals surface area contributed by atoms with Gasteiger partial charge in [0.15, 0.2) is 0 Å². The average molecular weight is 310 g/mol. The Labute approximate surface area is 122 Å². The number of rotatable bonds is 4. The molecule has 0 bridgehead atoms. The van der Waals surface area contributed by atoms with Crippen LogP contribution in [0.1, 0.15) is 20.8 Å². The monoisotopic (exact) mass is 308 g/mol. The summed E-state index contributed by atoms with van der Waals surface area (Å²) in [6, 6.07) is 3.07. The van der Waals surface area contributed by atoms with Gasteiger partial charge in [-0.05, 0) is 32.5 Å². The molecule has 0 aliphatic rings. The zero-order valence-corrected chi connectivity index (χ0v) is 12.7. The third kappa shape index (κ3) is 3.75. The molecule has 0 aliphatic carbocycles. The molecule has 1 aromatic rings. The molecule has 0 aliphatic heterocycles. The molecule has 0 heterocycles. The maximum Gasteiger partial charge on any atom is 0.244 e. The van der Waals surface area contributed by atoms with Crippen LogP contribution in [0.15, 0.2) is 12.1 Å². The normalized spacial score (nSPS) is 11.4. The summed E-state index contributed by atoms with van der Waals surface area (Å²) in [5.74, 6) is -0.213. The van der Waals surface area contributed by atoms with Crippen LogP contribution >= 0.6 is 34.8 Å². The molecular formula is C12H15Cl3N2O. The summed E-state index contributed by atoms with van der Waals surface area (Å²) in [5, 5.41) is 6.83. The first-order valence-corrected chi connectivity index (χ1v) is 6.62. The van der Waals surface area contributed by atoms with E-state index in [1.165, 1.54) is 12.1 Å². The van der Waals surface area contributed by atoms with E-state index >= 15 is 0 Å². The van der Waals surface area contributed by atoms with Gasteiger partial charge in [0, 0.05) is 5.02 Å². The van der Waals surface area contributed by atoms with Crippen molar-refractivity contribution >= 4 is 46.4 Å². The van der Waals surface area contributed by atoms with Gasteiger partial charge in [-0.25, -0.2) is 0 Å². The summed E-state index contributed by atoms with van der Waals surface area (Å²) in [6.45, 7) is 6.17. The van der Waals surface area contributed by atoms with Gasteiger partial charge in [0.25, 0.3) is 0 Å². The van der Waals surface area contributed by atoms with Gasteiger partial charge in [-0.3, -0.25) is 4.79 Å². The first-order valence-electron chi connectivity index (χ1n) is 5.49. The van der Waals surface area contributed by atoms with Crippen LogP contribution in [0.5, 0.6) is 0 Å². The second kappa shape index (κ2) is 6.11. The van der Waals surface area contributed by atoms with Crippen molar-refractivity contribution in [3.05, 3.63) is 27.2 Å². The molecule has 0 aromatic heterocycles. The molecule has 0 atom stereocenters. The van der Waals surface area contributed by atoms with Crippen molar-refractivity contribution in [3.8, 4) is 0 Å². The predicted octanol–water partition coefficient (Wildman–Crippen LogP) is 3.97. The highest BCUT2D eigenvalue weighted by Crippen LogP contribution is 2.34. The Balaban J connectivity index is 2.95. The van der Waals surface area contributed by atoms with E-state index in [0.717, 1.165) is 0 Å². The van der Waals surface area contributed by atoms with E-state index in [1.807, 2.05) is 6.92 Å². The fourth-order valence-corrected chi connectivity index (χ4v) is 2.37. The fourth-order valence-electron chi connectivity index (χ4n) is 1.45. The molecule has 2 N–H and O–H groups in total. The van der Waals surface area contributed by atoms with Crippen molar-refractivity contribution < 1.29 is 4.79 Å². The number of anilines is 1. The number of nitrogens with one attached hydrogen (secondary N) is 2. The first kappa shape index (κ1) is 15.6. The summed E-state index contributed by atoms with van der Waals surface area (Å²) < 4.78 is 0. The Morgan fingerprint density at radius 3 is 2.17 bits per heavy atom. The second-order valence-corrected chi connectivity index (χ2v) is 5.60. The maximum absolute atomic E-state index is 12.1. The maximum atomic E-state index is 12.1. The van der Waals surface area contributed by atoms with Gasteiger partial charge in [-0.15, -0.1) is 0 Å². The molecular weight excluding hydrogens is 295 g/mol. The summed E-state index contributed by atoms with van der Waals surface area (Å²) in [7, 11) is 0. The topological polar surface area (TPSA) is 41.1 Å². The summed E-state index contributed by atoms with van der Waals surface area (Å²) in [4.78, 5) is 12.1. The summed E-state index contributed by atoms with van der Waals surface area (Å²) in [6.07, 6.45) is 0. The Morgan fingerprint density at radius 1 is 1.22 bits per heavy atom. The molecule has 0 fully saturated rings. The number of benzene rings is 1. The van der Waals surface area contributed by atoms with E-state index in [0.29, 0.717) is 27.3 Å². The molecule has 6 heteroatoms. The van der Waals surface area contributed by atoms with Gasteiger partial charge >= 0.3 is 0 Å². The van der Waals surface area contributed by atoms with Crippen molar-refractivity contribution in [1.82, 2.24) is 5.32 Å². The molecule has 0 unspecified atom stereocenters. The van der Waals surface area contributed by atoms with Crippen LogP contribution in [0.25, 0.3) is 0 Å². The lowest BCUT2D eigenvalue weighted by molar-refractivity contribution is -0.121. The Hall–Kier alpha value is -0.480. The lowest BCUT2D eigenvalue weighted by atomic mass is 10.0. The van der Waals surface area contributed by atoms with Crippen molar-refractivity contribution in [2.24, 2.45) is 0 Å². The number of likely N-dealkylation sites (N-methyl/N-ethyl adjacent to an activating group) is 1. The van der Waals surface area contributed by atoms with E-state index in [4.69, 9.17) is 34.8 Å². The van der Waals surface area contributed by atoms with Crippen LogP contribution < -0.4 is 10.6 Å². The number of hydrogen-bond donors (Lipinski definition) is 2. The zero-order valence-electron chi connectivity index (χ0n) is 10.4. The molecule has 0 radical (unpaired) electrons. The molecule has 100 valence electrons. The van der Waals surface area contributed by atoms with Gasteiger partial charge in [0.2, 0.25) is 5.91 Å². The molecule has 3 nitrogen and oxygen atoms in total. The van der Waals surface area contributed by atoms with Crippen molar-refractivity contribution in [3.63, 3.8) is 0 Å². The van der Waals surface area contributed by atoms with Gasteiger partial charge in [0.05, 0.1) is 21.3 Å². The fraction of sp³-hybridized carbons (Fsp3) is 0.417. The molecule has 1 rings (SSSR count). The molecule has 0 saturated heterocycles. The molecule has 1 amide bonds. The van der Waals surface area contributed by atoms with Crippen molar-refractivity contribution in [1.29, 1.82) is 0 Å². The lowest BCUT2D eigenvalue weighted by Crippen LogP contribution is -2.49. The smallest absolute Gasteiger partial charge is 0.244 e. The Bertz CT molecular complexity index is 438. The quantitative estimate of drug-likeness (QED) is 0.883. The number of hydrogen-bond acceptors (Lipinski definition) is 2. The molecule has 0 saturated carbocycles. The SMILES string of the molecule is CCNC(C)(C)C(=O)Nc1c(Cl)cc(Cl)cc1Cl. The summed E-state index contributed by atoms with van der Waals surface area (Å²) in [5.41, 5.74) is -0.333. The number of carbonyl (C=O) groups excluding carboxylic acids is 1. The first-order chi connectivity index (χ1) is 8.27. The number of halogens is 3. The average Bonchev–Trinajstić information content (AvgIpc) is 2.22. The van der Waals surface area contributed by atoms with Crippen LogP contribution in [0.2, 0.25) is 15.1 Å². The van der Waals surface area contributed by atoms with Gasteiger partial charge in [0.1, 0.15) is 0 Å². The second-order valence-electron chi connectivity index (χ2n) is 4.35. The third-order valence-corrected chi connectivity index (χ3v) is 3.25. The highest BCUT2D eigenvalue weighted by molar-refractivity contribution is 6.42. The van der Waals surface area contributed by atoms with E-state index in [2.05, 4.69) is 10.6 Å². The van der Waals surface area contributed by atoms with Crippen LogP contribution in [0.4, 0.5) is 5.69 Å². The largest absolute Gasteiger partial charge is 0.322 e. The standard InChI is InChI=1S/C12H15Cl3N2O/c1-4-16-12(2,3)11(18)17-10-8(14)5-7(13)6-9(10)15/h5-6,16H,4H2,1-3H3,(H,17,18). The van der Waals surface area contributed by atoms with E-state index in [1.54, 1.807) is 13.8 Å². The highest BCUT2D eigenvalue weighted by Gasteiger charge is 2.27. The minimum atomic E-state index is -0.707. The van der Waals surface area contributed by atoms with E-state index in [9.17, 15) is 4.79 Å². The van der Waals surface area contributed by atoms with Crippen molar-refractivity contribution in [2.45, 2.75) is 26.3 Å². The number of amides is 1. The van der Waals surface area contributed by atoms with Crippen LogP contribution in [-0.2, 0) is 4.79 Å². The molecule has 18 heavy (non-hydrogen) atoms. The summed E-state index contributed by atoms with van der Waals surface area (Å²) >= 11 is 17.8.